The summed E-state index contributed by atoms with van der Waals surface area (Å²) in [6, 6.07) is 8.94. The molecule has 0 aliphatic rings. The number of nitrogens with two attached hydrogens (primary N) is 1. The van der Waals surface area contributed by atoms with Crippen LogP contribution < -0.4 is 11.5 Å². The lowest BCUT2D eigenvalue weighted by molar-refractivity contribution is 0.517. The molecule has 3 aromatic rings. The van der Waals surface area contributed by atoms with E-state index in [0.29, 0.717) is 27.4 Å². The second kappa shape index (κ2) is 4.68. The van der Waals surface area contributed by atoms with E-state index in [1.165, 1.54) is 22.8 Å². The van der Waals surface area contributed by atoms with E-state index in [-0.39, 0.29) is 6.54 Å². The molecular formula is C14H10ClFN2O2. The molecule has 1 aromatic heterocycles. The van der Waals surface area contributed by atoms with Gasteiger partial charge >= 0.3 is 5.76 Å². The van der Waals surface area contributed by atoms with Crippen LogP contribution in [0, 0.1) is 5.82 Å². The fourth-order valence-electron chi connectivity index (χ4n) is 2.07. The molecule has 6 heteroatoms. The Balaban J connectivity index is 2.13. The van der Waals surface area contributed by atoms with Crippen LogP contribution in [-0.2, 0) is 6.54 Å². The van der Waals surface area contributed by atoms with Crippen LogP contribution in [0.4, 0.5) is 10.1 Å². The number of hydrogen-bond acceptors (Lipinski definition) is 3. The maximum atomic E-state index is 13.3. The largest absolute Gasteiger partial charge is 0.420 e. The third-order valence-corrected chi connectivity index (χ3v) is 3.40. The highest BCUT2D eigenvalue weighted by molar-refractivity contribution is 6.31. The lowest BCUT2D eigenvalue weighted by atomic mass is 10.2. The molecule has 0 amide bonds. The van der Waals surface area contributed by atoms with Gasteiger partial charge in [0, 0.05) is 16.8 Å². The summed E-state index contributed by atoms with van der Waals surface area (Å²) in [5, 5.41) is 0.392. The van der Waals surface area contributed by atoms with E-state index in [9.17, 15) is 9.18 Å². The SMILES string of the molecule is Nc1ccc2c(c1)oc(=O)n2Cc1cc(F)ccc1Cl. The summed E-state index contributed by atoms with van der Waals surface area (Å²) in [7, 11) is 0. The molecular weight excluding hydrogens is 283 g/mol. The Morgan fingerprint density at radius 1 is 1.25 bits per heavy atom. The number of hydrogen-bond donors (Lipinski definition) is 1. The lowest BCUT2D eigenvalue weighted by Crippen LogP contribution is -2.15. The molecule has 0 aliphatic carbocycles. The zero-order valence-corrected chi connectivity index (χ0v) is 11.0. The van der Waals surface area contributed by atoms with E-state index in [1.54, 1.807) is 18.2 Å². The van der Waals surface area contributed by atoms with Gasteiger partial charge in [0.2, 0.25) is 0 Å². The van der Waals surface area contributed by atoms with Crippen LogP contribution in [0.5, 0.6) is 0 Å². The van der Waals surface area contributed by atoms with Crippen molar-refractivity contribution in [1.29, 1.82) is 0 Å². The summed E-state index contributed by atoms with van der Waals surface area (Å²) < 4.78 is 19.8. The van der Waals surface area contributed by atoms with Crippen molar-refractivity contribution in [2.75, 3.05) is 5.73 Å². The van der Waals surface area contributed by atoms with Crippen molar-refractivity contribution in [3.63, 3.8) is 0 Å². The molecule has 20 heavy (non-hydrogen) atoms. The second-order valence-electron chi connectivity index (χ2n) is 4.42. The molecule has 0 atom stereocenters. The minimum Gasteiger partial charge on any atom is -0.408 e. The zero-order chi connectivity index (χ0) is 14.3. The number of aromatic nitrogens is 1. The van der Waals surface area contributed by atoms with Crippen molar-refractivity contribution >= 4 is 28.4 Å². The van der Waals surface area contributed by atoms with Crippen LogP contribution in [0.3, 0.4) is 0 Å². The van der Waals surface area contributed by atoms with Gasteiger partial charge in [0.15, 0.2) is 5.58 Å². The molecule has 0 bridgehead atoms. The predicted molar refractivity (Wildman–Crippen MR) is 75.4 cm³/mol. The minimum atomic E-state index is -0.536. The number of nitrogen functional groups attached to an aromatic ring is 1. The molecule has 0 saturated carbocycles. The van der Waals surface area contributed by atoms with Crippen molar-refractivity contribution in [2.45, 2.75) is 6.54 Å². The maximum Gasteiger partial charge on any atom is 0.420 e. The van der Waals surface area contributed by atoms with Gasteiger partial charge in [-0.15, -0.1) is 0 Å². The number of nitrogens with zero attached hydrogens (tertiary/aromatic N) is 1. The van der Waals surface area contributed by atoms with Crippen molar-refractivity contribution in [3.8, 4) is 0 Å². The number of oxazole rings is 1. The van der Waals surface area contributed by atoms with Gasteiger partial charge in [-0.25, -0.2) is 9.18 Å². The van der Waals surface area contributed by atoms with Crippen LogP contribution >= 0.6 is 11.6 Å². The first-order valence-electron chi connectivity index (χ1n) is 5.87. The van der Waals surface area contributed by atoms with Gasteiger partial charge in [0.25, 0.3) is 0 Å². The van der Waals surface area contributed by atoms with Crippen molar-refractivity contribution in [3.05, 3.63) is 63.4 Å². The molecule has 102 valence electrons. The summed E-state index contributed by atoms with van der Waals surface area (Å²) in [5.41, 5.74) is 7.63. The highest BCUT2D eigenvalue weighted by Crippen LogP contribution is 2.21. The smallest absolute Gasteiger partial charge is 0.408 e. The minimum absolute atomic E-state index is 0.131. The van der Waals surface area contributed by atoms with Crippen LogP contribution in [0.1, 0.15) is 5.56 Å². The van der Waals surface area contributed by atoms with Gasteiger partial charge in [0.05, 0.1) is 12.1 Å². The molecule has 0 spiro atoms. The highest BCUT2D eigenvalue weighted by Gasteiger charge is 2.12. The number of anilines is 1. The predicted octanol–water partition coefficient (Wildman–Crippen LogP) is 3.02. The number of benzene rings is 2. The Labute approximate surface area is 118 Å². The molecule has 0 saturated heterocycles. The highest BCUT2D eigenvalue weighted by atomic mass is 35.5. The third kappa shape index (κ3) is 2.16. The molecule has 3 rings (SSSR count). The average Bonchev–Trinajstić information content (AvgIpc) is 2.69. The summed E-state index contributed by atoms with van der Waals surface area (Å²) in [5.74, 6) is -0.944. The molecule has 0 aliphatic heterocycles. The Hall–Kier alpha value is -2.27. The van der Waals surface area contributed by atoms with E-state index >= 15 is 0 Å². The topological polar surface area (TPSA) is 61.2 Å². The monoisotopic (exact) mass is 292 g/mol. The Morgan fingerprint density at radius 3 is 2.85 bits per heavy atom. The van der Waals surface area contributed by atoms with E-state index in [0.717, 1.165) is 0 Å². The Bertz CT molecular complexity index is 854. The molecule has 0 unspecified atom stereocenters. The summed E-state index contributed by atoms with van der Waals surface area (Å²) in [6.07, 6.45) is 0. The standard InChI is InChI=1S/C14H10ClFN2O2/c15-11-3-1-9(16)5-8(11)7-18-12-4-2-10(17)6-13(12)20-14(18)19/h1-6H,7,17H2. The van der Waals surface area contributed by atoms with E-state index in [2.05, 4.69) is 0 Å². The number of fused-ring (bicyclic) bond motifs is 1. The van der Waals surface area contributed by atoms with E-state index in [4.69, 9.17) is 21.8 Å². The fraction of sp³-hybridized carbons (Fsp3) is 0.0714. The first kappa shape index (κ1) is 12.7. The molecule has 2 N–H and O–H groups in total. The van der Waals surface area contributed by atoms with Crippen molar-refractivity contribution in [2.24, 2.45) is 0 Å². The first-order chi connectivity index (χ1) is 9.54. The van der Waals surface area contributed by atoms with Crippen LogP contribution in [0.25, 0.3) is 11.1 Å². The molecule has 2 aromatic carbocycles. The van der Waals surface area contributed by atoms with Gasteiger partial charge in [-0.05, 0) is 35.9 Å². The van der Waals surface area contributed by atoms with Crippen LogP contribution in [0.2, 0.25) is 5.02 Å². The normalized spacial score (nSPS) is 11.1. The first-order valence-corrected chi connectivity index (χ1v) is 6.25. The second-order valence-corrected chi connectivity index (χ2v) is 4.82. The van der Waals surface area contributed by atoms with E-state index < -0.39 is 11.6 Å². The van der Waals surface area contributed by atoms with Gasteiger partial charge in [-0.1, -0.05) is 11.6 Å². The fourth-order valence-corrected chi connectivity index (χ4v) is 2.24. The van der Waals surface area contributed by atoms with Crippen LogP contribution in [0.15, 0.2) is 45.6 Å². The van der Waals surface area contributed by atoms with Crippen molar-refractivity contribution < 1.29 is 8.81 Å². The van der Waals surface area contributed by atoms with Gasteiger partial charge in [-0.3, -0.25) is 4.57 Å². The molecule has 4 nitrogen and oxygen atoms in total. The summed E-state index contributed by atoms with van der Waals surface area (Å²) >= 11 is 6.01. The lowest BCUT2D eigenvalue weighted by Gasteiger charge is -2.05. The average molecular weight is 293 g/mol. The van der Waals surface area contributed by atoms with Gasteiger partial charge in [0.1, 0.15) is 5.82 Å². The van der Waals surface area contributed by atoms with Crippen molar-refractivity contribution in [1.82, 2.24) is 4.57 Å². The van der Waals surface area contributed by atoms with Gasteiger partial charge < -0.3 is 10.2 Å². The van der Waals surface area contributed by atoms with Gasteiger partial charge in [-0.2, -0.15) is 0 Å². The van der Waals surface area contributed by atoms with Crippen LogP contribution in [-0.4, -0.2) is 4.57 Å². The van der Waals surface area contributed by atoms with E-state index in [1.807, 2.05) is 0 Å². The molecule has 1 heterocycles. The zero-order valence-electron chi connectivity index (χ0n) is 10.3. The quantitative estimate of drug-likeness (QED) is 0.739. The maximum absolute atomic E-state index is 13.3. The summed E-state index contributed by atoms with van der Waals surface area (Å²) in [4.78, 5) is 11.9. The Kier molecular flexibility index (Phi) is 2.99. The Morgan fingerprint density at radius 2 is 2.05 bits per heavy atom. The molecule has 0 radical (unpaired) electrons. The summed E-state index contributed by atoms with van der Waals surface area (Å²) in [6.45, 7) is 0.131. The number of rotatable bonds is 2. The third-order valence-electron chi connectivity index (χ3n) is 3.03. The molecule has 0 fully saturated rings. The number of halogens is 2.